The molecule has 0 spiro atoms. The summed E-state index contributed by atoms with van der Waals surface area (Å²) in [5, 5.41) is 24.4. The summed E-state index contributed by atoms with van der Waals surface area (Å²) >= 11 is 0. The average molecular weight is 495 g/mol. The molecule has 196 valence electrons. The average Bonchev–Trinajstić information content (AvgIpc) is 3.07. The maximum absolute atomic E-state index is 12.2. The van der Waals surface area contributed by atoms with Crippen LogP contribution < -0.4 is 11.4 Å². The van der Waals surface area contributed by atoms with Gasteiger partial charge in [0.15, 0.2) is 6.23 Å². The largest absolute Gasteiger partial charge is 0.462 e. The van der Waals surface area contributed by atoms with Gasteiger partial charge in [-0.15, -0.1) is 0 Å². The molecule has 4 N–H and O–H groups in total. The quantitative estimate of drug-likeness (QED) is 0.103. The van der Waals surface area contributed by atoms with Crippen LogP contribution in [0.15, 0.2) is 22.2 Å². The van der Waals surface area contributed by atoms with E-state index in [0.29, 0.717) is 6.42 Å². The first-order valence-electron chi connectivity index (χ1n) is 12.4. The lowest BCUT2D eigenvalue weighted by atomic mass is 10.1. The fourth-order valence-corrected chi connectivity index (χ4v) is 4.11. The molecular weight excluding hydrogens is 456 g/mol. The number of aliphatic hydroxyl groups is 2. The first kappa shape index (κ1) is 28.6. The number of hydrogen-bond donors (Lipinski definition) is 3. The highest BCUT2D eigenvalue weighted by molar-refractivity contribution is 5.69. The normalized spacial score (nSPS) is 23.7. The lowest BCUT2D eigenvalue weighted by Gasteiger charge is -2.26. The third kappa shape index (κ3) is 8.50. The molecule has 4 atom stereocenters. The molecule has 1 aliphatic rings. The molecule has 2 heterocycles. The number of esters is 1. The molecule has 12 heteroatoms. The number of carbonyl (C=O) groups excluding carboxylic acids is 1. The number of ether oxygens (including phenoxy) is 2. The van der Waals surface area contributed by atoms with Crippen LogP contribution in [0.1, 0.15) is 90.2 Å². The predicted octanol–water partition coefficient (Wildman–Crippen LogP) is 3.33. The Morgan fingerprint density at radius 1 is 1.20 bits per heavy atom. The van der Waals surface area contributed by atoms with Gasteiger partial charge in [-0.2, -0.15) is 4.98 Å². The number of unbranched alkanes of at least 4 members (excludes halogenated alkanes) is 10. The molecule has 1 aromatic rings. The van der Waals surface area contributed by atoms with Crippen molar-refractivity contribution in [2.45, 2.75) is 108 Å². The lowest BCUT2D eigenvalue weighted by molar-refractivity contribution is -0.165. The topological polar surface area (TPSA) is 186 Å². The fourth-order valence-electron chi connectivity index (χ4n) is 4.11. The first-order valence-corrected chi connectivity index (χ1v) is 12.4. The number of aliphatic hydroxyl groups excluding tert-OH is 2. The number of nitrogens with zero attached hydrogens (tertiary/aromatic N) is 5. The van der Waals surface area contributed by atoms with Crippen molar-refractivity contribution in [2.75, 3.05) is 12.3 Å². The van der Waals surface area contributed by atoms with Crippen LogP contribution in [0, 0.1) is 0 Å². The summed E-state index contributed by atoms with van der Waals surface area (Å²) in [6.45, 7) is 1.60. The Balaban J connectivity index is 1.77. The lowest BCUT2D eigenvalue weighted by Crippen LogP contribution is -2.45. The van der Waals surface area contributed by atoms with E-state index in [2.05, 4.69) is 21.9 Å². The van der Waals surface area contributed by atoms with Gasteiger partial charge in [0.1, 0.15) is 24.6 Å². The maximum Gasteiger partial charge on any atom is 0.351 e. The molecule has 12 nitrogen and oxygen atoms in total. The molecule has 0 radical (unpaired) electrons. The zero-order valence-electron chi connectivity index (χ0n) is 20.4. The Labute approximate surface area is 205 Å². The molecule has 2 rings (SSSR count). The van der Waals surface area contributed by atoms with Crippen LogP contribution >= 0.6 is 0 Å². The standard InChI is InChI=1S/C23H38N6O6/c1-2-3-4-5-6-7-8-9-10-11-12-13-18(30)34-16-23(27-28-25)20(32)19(31)21(35-23)29-15-14-17(24)26-22(29)33/h14-15,19-21,31-32H,2-13,16H2,1H3,(H2,24,26,33)/t19-,20+,21?,23-/m1/s1. The van der Waals surface area contributed by atoms with E-state index in [-0.39, 0.29) is 12.2 Å². The molecule has 1 aromatic heterocycles. The molecule has 1 saturated heterocycles. The van der Waals surface area contributed by atoms with Gasteiger partial charge in [-0.25, -0.2) is 4.79 Å². The Bertz CT molecular complexity index is 905. The second-order valence-corrected chi connectivity index (χ2v) is 8.97. The number of rotatable bonds is 16. The van der Waals surface area contributed by atoms with Gasteiger partial charge in [-0.1, -0.05) is 76.2 Å². The summed E-state index contributed by atoms with van der Waals surface area (Å²) in [6, 6.07) is 1.31. The van der Waals surface area contributed by atoms with E-state index >= 15 is 0 Å². The number of hydrogen-bond acceptors (Lipinski definition) is 9. The molecule has 0 saturated carbocycles. The van der Waals surface area contributed by atoms with Gasteiger partial charge in [0, 0.05) is 17.5 Å². The number of nitrogens with two attached hydrogens (primary N) is 1. The van der Waals surface area contributed by atoms with Crippen LogP contribution in [0.25, 0.3) is 10.4 Å². The van der Waals surface area contributed by atoms with E-state index in [1.165, 1.54) is 57.2 Å². The minimum Gasteiger partial charge on any atom is -0.462 e. The minimum absolute atomic E-state index is 0.0306. The number of anilines is 1. The number of aromatic nitrogens is 2. The smallest absolute Gasteiger partial charge is 0.351 e. The SMILES string of the molecule is CCCCCCCCCCCCCC(=O)OC[C@@]1(N=[N+]=[N-])OC(n2ccc(N)nc2=O)[C@H](O)[C@@H]1O. The summed E-state index contributed by atoms with van der Waals surface area (Å²) in [7, 11) is 0. The summed E-state index contributed by atoms with van der Waals surface area (Å²) in [6.07, 6.45) is 9.28. The predicted molar refractivity (Wildman–Crippen MR) is 129 cm³/mol. The van der Waals surface area contributed by atoms with Crippen molar-refractivity contribution in [3.05, 3.63) is 33.2 Å². The Morgan fingerprint density at radius 2 is 1.80 bits per heavy atom. The summed E-state index contributed by atoms with van der Waals surface area (Å²) < 4.78 is 11.7. The van der Waals surface area contributed by atoms with Gasteiger partial charge < -0.3 is 25.4 Å². The highest BCUT2D eigenvalue weighted by atomic mass is 16.6. The highest BCUT2D eigenvalue weighted by Gasteiger charge is 2.56. The van der Waals surface area contributed by atoms with Crippen LogP contribution in [0.2, 0.25) is 0 Å². The Morgan fingerprint density at radius 3 is 2.37 bits per heavy atom. The highest BCUT2D eigenvalue weighted by Crippen LogP contribution is 2.38. The molecule has 35 heavy (non-hydrogen) atoms. The van der Waals surface area contributed by atoms with Gasteiger partial charge in [0.05, 0.1) is 0 Å². The molecule has 0 amide bonds. The van der Waals surface area contributed by atoms with E-state index in [4.69, 9.17) is 20.7 Å². The van der Waals surface area contributed by atoms with Crippen molar-refractivity contribution < 1.29 is 24.5 Å². The number of nitrogen functional groups attached to an aromatic ring is 1. The number of azide groups is 1. The van der Waals surface area contributed by atoms with Crippen molar-refractivity contribution in [2.24, 2.45) is 5.11 Å². The Hall–Kier alpha value is -2.66. The number of carbonyl (C=O) groups is 1. The van der Waals surface area contributed by atoms with Gasteiger partial charge in [-0.05, 0) is 18.0 Å². The molecule has 1 fully saturated rings. The molecule has 0 bridgehead atoms. The van der Waals surface area contributed by atoms with Gasteiger partial charge in [0.2, 0.25) is 5.72 Å². The zero-order valence-corrected chi connectivity index (χ0v) is 20.4. The maximum atomic E-state index is 12.2. The molecule has 0 aliphatic carbocycles. The van der Waals surface area contributed by atoms with Crippen molar-refractivity contribution in [1.29, 1.82) is 0 Å². The summed E-state index contributed by atoms with van der Waals surface area (Å²) in [4.78, 5) is 30.5. The Kier molecular flexibility index (Phi) is 12.0. The second kappa shape index (κ2) is 14.7. The molecule has 1 aliphatic heterocycles. The van der Waals surface area contributed by atoms with Crippen LogP contribution in [-0.4, -0.2) is 50.3 Å². The van der Waals surface area contributed by atoms with Gasteiger partial charge in [-0.3, -0.25) is 9.36 Å². The van der Waals surface area contributed by atoms with Crippen LogP contribution in [0.4, 0.5) is 5.82 Å². The van der Waals surface area contributed by atoms with Crippen molar-refractivity contribution in [3.8, 4) is 0 Å². The molecule has 1 unspecified atom stereocenters. The van der Waals surface area contributed by atoms with Crippen molar-refractivity contribution >= 4 is 11.8 Å². The zero-order chi connectivity index (χ0) is 25.7. The fraction of sp³-hybridized carbons (Fsp3) is 0.783. The molecular formula is C23H38N6O6. The van der Waals surface area contributed by atoms with Crippen molar-refractivity contribution in [1.82, 2.24) is 9.55 Å². The second-order valence-electron chi connectivity index (χ2n) is 8.97. The first-order chi connectivity index (χ1) is 16.8. The van der Waals surface area contributed by atoms with E-state index in [9.17, 15) is 19.8 Å². The monoisotopic (exact) mass is 494 g/mol. The third-order valence-corrected chi connectivity index (χ3v) is 6.17. The van der Waals surface area contributed by atoms with Crippen LogP contribution in [0.3, 0.4) is 0 Å². The summed E-state index contributed by atoms with van der Waals surface area (Å²) in [5.41, 5.74) is 11.5. The van der Waals surface area contributed by atoms with Gasteiger partial charge in [0.25, 0.3) is 0 Å². The van der Waals surface area contributed by atoms with Crippen molar-refractivity contribution in [3.63, 3.8) is 0 Å². The van der Waals surface area contributed by atoms with Crippen LogP contribution in [-0.2, 0) is 14.3 Å². The molecule has 0 aromatic carbocycles. The van der Waals surface area contributed by atoms with E-state index in [0.717, 1.165) is 23.8 Å². The summed E-state index contributed by atoms with van der Waals surface area (Å²) in [5.74, 6) is -0.564. The van der Waals surface area contributed by atoms with E-state index in [1.54, 1.807) is 0 Å². The third-order valence-electron chi connectivity index (χ3n) is 6.17. The van der Waals surface area contributed by atoms with E-state index in [1.807, 2.05) is 0 Å². The van der Waals surface area contributed by atoms with Gasteiger partial charge >= 0.3 is 11.7 Å². The van der Waals surface area contributed by atoms with E-state index < -0.39 is 42.4 Å². The van der Waals surface area contributed by atoms with Crippen LogP contribution in [0.5, 0.6) is 0 Å². The minimum atomic E-state index is -2.09.